The van der Waals surface area contributed by atoms with E-state index < -0.39 is 0 Å². The number of anilines is 1. The van der Waals surface area contributed by atoms with Gasteiger partial charge in [-0.3, -0.25) is 15.1 Å². The molecular weight excluding hydrogens is 268 g/mol. The maximum absolute atomic E-state index is 11.1. The quantitative estimate of drug-likeness (QED) is 0.689. The van der Waals surface area contributed by atoms with Crippen LogP contribution in [0.4, 0.5) is 11.4 Å². The van der Waals surface area contributed by atoms with Crippen LogP contribution in [0, 0.1) is 16.0 Å². The number of non-ortho nitro benzene ring substituents is 1. The van der Waals surface area contributed by atoms with E-state index in [2.05, 4.69) is 15.2 Å². The Hall–Kier alpha value is -2.21. The molecule has 0 amide bonds. The minimum atomic E-state index is -0.346. The van der Waals surface area contributed by atoms with Crippen molar-refractivity contribution in [3.05, 3.63) is 40.6 Å². The zero-order valence-electron chi connectivity index (χ0n) is 12.0. The van der Waals surface area contributed by atoms with Gasteiger partial charge in [0.05, 0.1) is 16.0 Å². The van der Waals surface area contributed by atoms with Gasteiger partial charge < -0.3 is 10.2 Å². The van der Waals surface area contributed by atoms with Crippen LogP contribution in [0.3, 0.4) is 0 Å². The Morgan fingerprint density at radius 1 is 1.48 bits per heavy atom. The Morgan fingerprint density at radius 3 is 3.10 bits per heavy atom. The van der Waals surface area contributed by atoms with Gasteiger partial charge >= 0.3 is 0 Å². The number of nitrogens with zero attached hydrogens (tertiary/aromatic N) is 3. The fourth-order valence-electron chi connectivity index (χ4n) is 3.06. The van der Waals surface area contributed by atoms with Crippen LogP contribution in [-0.2, 0) is 0 Å². The van der Waals surface area contributed by atoms with Crippen LogP contribution in [0.2, 0.25) is 0 Å². The molecule has 0 radical (unpaired) electrons. The number of benzene rings is 1. The summed E-state index contributed by atoms with van der Waals surface area (Å²) in [7, 11) is 1.96. The van der Waals surface area contributed by atoms with E-state index in [-0.39, 0.29) is 10.6 Å². The topological polar surface area (TPSA) is 71.3 Å². The monoisotopic (exact) mass is 286 g/mol. The lowest BCUT2D eigenvalue weighted by Gasteiger charge is -2.20. The molecule has 110 valence electrons. The number of nitro groups is 1. The summed E-state index contributed by atoms with van der Waals surface area (Å²) in [5.41, 5.74) is 1.83. The Labute approximate surface area is 122 Å². The summed E-state index contributed by atoms with van der Waals surface area (Å²) < 4.78 is 0. The number of hydrogen-bond donors (Lipinski definition) is 1. The van der Waals surface area contributed by atoms with Crippen LogP contribution in [-0.4, -0.2) is 36.6 Å². The Morgan fingerprint density at radius 2 is 2.33 bits per heavy atom. The maximum atomic E-state index is 11.1. The first kappa shape index (κ1) is 13.8. The van der Waals surface area contributed by atoms with Gasteiger partial charge in [0.2, 0.25) is 0 Å². The van der Waals surface area contributed by atoms with Crippen LogP contribution in [0.1, 0.15) is 6.42 Å². The van der Waals surface area contributed by atoms with Crippen molar-refractivity contribution in [1.82, 2.24) is 10.3 Å². The first-order valence-corrected chi connectivity index (χ1v) is 7.12. The van der Waals surface area contributed by atoms with Crippen molar-refractivity contribution in [2.45, 2.75) is 6.42 Å². The molecule has 3 rings (SSSR count). The number of nitro benzene ring substituents is 1. The normalized spacial score (nSPS) is 18.3. The molecule has 1 fully saturated rings. The number of nitrogens with one attached hydrogen (secondary N) is 1. The molecule has 2 heterocycles. The third kappa shape index (κ3) is 2.54. The summed E-state index contributed by atoms with van der Waals surface area (Å²) in [6.07, 6.45) is 2.82. The number of hydrogen-bond acceptors (Lipinski definition) is 5. The largest absolute Gasteiger partial charge is 0.369 e. The Kier molecular flexibility index (Phi) is 3.70. The molecule has 0 aliphatic carbocycles. The average molecular weight is 286 g/mol. The van der Waals surface area contributed by atoms with Crippen molar-refractivity contribution in [1.29, 1.82) is 0 Å². The predicted molar refractivity (Wildman–Crippen MR) is 82.6 cm³/mol. The highest BCUT2D eigenvalue weighted by atomic mass is 16.6. The molecule has 1 N–H and O–H groups in total. The number of aromatic nitrogens is 1. The predicted octanol–water partition coefficient (Wildman–Crippen LogP) is 2.19. The van der Waals surface area contributed by atoms with E-state index in [0.717, 1.165) is 37.3 Å². The standard InChI is InChI=1S/C15H18N4O2/c1-16-9-11-6-8-18(10-11)14-5-4-13(19(20)21)12-3-2-7-17-15(12)14/h2-5,7,11,16H,6,8-10H2,1H3. The molecule has 0 bridgehead atoms. The fourth-order valence-corrected chi connectivity index (χ4v) is 3.06. The van der Waals surface area contributed by atoms with Crippen molar-refractivity contribution in [2.24, 2.45) is 5.92 Å². The summed E-state index contributed by atoms with van der Waals surface area (Å²) >= 11 is 0. The molecule has 6 nitrogen and oxygen atoms in total. The Bertz CT molecular complexity index is 674. The van der Waals surface area contributed by atoms with Gasteiger partial charge in [0.25, 0.3) is 5.69 Å². The molecule has 1 aromatic carbocycles. The second kappa shape index (κ2) is 5.65. The molecular formula is C15H18N4O2. The molecule has 1 atom stereocenters. The van der Waals surface area contributed by atoms with Gasteiger partial charge in [-0.1, -0.05) is 0 Å². The number of pyridine rings is 1. The minimum Gasteiger partial charge on any atom is -0.369 e. The third-order valence-corrected chi connectivity index (χ3v) is 4.04. The maximum Gasteiger partial charge on any atom is 0.278 e. The lowest BCUT2D eigenvalue weighted by molar-refractivity contribution is -0.383. The number of fused-ring (bicyclic) bond motifs is 1. The van der Waals surface area contributed by atoms with Crippen LogP contribution >= 0.6 is 0 Å². The molecule has 1 aromatic heterocycles. The molecule has 0 spiro atoms. The molecule has 0 saturated carbocycles. The van der Waals surface area contributed by atoms with Gasteiger partial charge in [-0.2, -0.15) is 0 Å². The smallest absolute Gasteiger partial charge is 0.278 e. The highest BCUT2D eigenvalue weighted by molar-refractivity contribution is 5.97. The summed E-state index contributed by atoms with van der Waals surface area (Å²) in [4.78, 5) is 17.5. The number of rotatable bonds is 4. The third-order valence-electron chi connectivity index (χ3n) is 4.04. The summed E-state index contributed by atoms with van der Waals surface area (Å²) in [5.74, 6) is 0.615. The molecule has 1 saturated heterocycles. The van der Waals surface area contributed by atoms with E-state index >= 15 is 0 Å². The molecule has 2 aromatic rings. The highest BCUT2D eigenvalue weighted by Crippen LogP contribution is 2.34. The van der Waals surface area contributed by atoms with Gasteiger partial charge in [0, 0.05) is 25.4 Å². The van der Waals surface area contributed by atoms with Crippen LogP contribution in [0.25, 0.3) is 10.9 Å². The molecule has 1 unspecified atom stereocenters. The zero-order chi connectivity index (χ0) is 14.8. The van der Waals surface area contributed by atoms with Crippen molar-refractivity contribution in [3.63, 3.8) is 0 Å². The lowest BCUT2D eigenvalue weighted by atomic mass is 10.1. The van der Waals surface area contributed by atoms with Gasteiger partial charge in [-0.15, -0.1) is 0 Å². The lowest BCUT2D eigenvalue weighted by Crippen LogP contribution is -2.24. The van der Waals surface area contributed by atoms with Crippen molar-refractivity contribution in [3.8, 4) is 0 Å². The van der Waals surface area contributed by atoms with Gasteiger partial charge in [0.15, 0.2) is 0 Å². The fraction of sp³-hybridized carbons (Fsp3) is 0.400. The van der Waals surface area contributed by atoms with Crippen molar-refractivity contribution < 1.29 is 4.92 Å². The van der Waals surface area contributed by atoms with E-state index in [9.17, 15) is 10.1 Å². The minimum absolute atomic E-state index is 0.118. The van der Waals surface area contributed by atoms with Crippen LogP contribution in [0.15, 0.2) is 30.5 Å². The summed E-state index contributed by atoms with van der Waals surface area (Å²) in [6.45, 7) is 2.93. The zero-order valence-corrected chi connectivity index (χ0v) is 12.0. The van der Waals surface area contributed by atoms with Crippen molar-refractivity contribution in [2.75, 3.05) is 31.6 Å². The summed E-state index contributed by atoms with van der Waals surface area (Å²) in [6, 6.07) is 6.93. The van der Waals surface area contributed by atoms with Crippen LogP contribution in [0.5, 0.6) is 0 Å². The molecule has 1 aliphatic heterocycles. The van der Waals surface area contributed by atoms with E-state index in [4.69, 9.17) is 0 Å². The summed E-state index contributed by atoms with van der Waals surface area (Å²) in [5, 5.41) is 15.0. The van der Waals surface area contributed by atoms with E-state index in [1.54, 1.807) is 24.4 Å². The first-order valence-electron chi connectivity index (χ1n) is 7.12. The Balaban J connectivity index is 2.01. The molecule has 21 heavy (non-hydrogen) atoms. The second-order valence-electron chi connectivity index (χ2n) is 5.42. The van der Waals surface area contributed by atoms with Crippen molar-refractivity contribution >= 4 is 22.3 Å². The van der Waals surface area contributed by atoms with Gasteiger partial charge in [-0.05, 0) is 44.1 Å². The average Bonchev–Trinajstić information content (AvgIpc) is 2.94. The van der Waals surface area contributed by atoms with E-state index in [0.29, 0.717) is 11.3 Å². The van der Waals surface area contributed by atoms with Gasteiger partial charge in [0.1, 0.15) is 5.52 Å². The molecule has 1 aliphatic rings. The van der Waals surface area contributed by atoms with E-state index in [1.165, 1.54) is 0 Å². The SMILES string of the molecule is CNCC1CCN(c2ccc([N+](=O)[O-])c3cccnc23)C1. The molecule has 6 heteroatoms. The van der Waals surface area contributed by atoms with E-state index in [1.807, 2.05) is 13.1 Å². The van der Waals surface area contributed by atoms with Gasteiger partial charge in [-0.25, -0.2) is 0 Å². The highest BCUT2D eigenvalue weighted by Gasteiger charge is 2.25. The second-order valence-corrected chi connectivity index (χ2v) is 5.42. The van der Waals surface area contributed by atoms with Crippen LogP contribution < -0.4 is 10.2 Å². The first-order chi connectivity index (χ1) is 10.2.